The van der Waals surface area contributed by atoms with Crippen molar-refractivity contribution in [3.8, 4) is 5.75 Å². The van der Waals surface area contributed by atoms with Gasteiger partial charge in [0.1, 0.15) is 17.1 Å². The van der Waals surface area contributed by atoms with Crippen LogP contribution in [0, 0.1) is 5.82 Å². The number of amides is 1. The third kappa shape index (κ3) is 5.07. The summed E-state index contributed by atoms with van der Waals surface area (Å²) >= 11 is 0. The molecular weight excluding hydrogens is 567 g/mol. The fourth-order valence-electron chi connectivity index (χ4n) is 6.17. The summed E-state index contributed by atoms with van der Waals surface area (Å²) < 4.78 is 73.3. The van der Waals surface area contributed by atoms with Crippen LogP contribution >= 0.6 is 0 Å². The number of carbonyl (C=O) groups is 1. The third-order valence-corrected chi connectivity index (χ3v) is 9.43. The summed E-state index contributed by atoms with van der Waals surface area (Å²) in [5.41, 5.74) is -1.50. The highest BCUT2D eigenvalue weighted by molar-refractivity contribution is 6.62. The average Bonchev–Trinajstić information content (AvgIpc) is 3.67. The van der Waals surface area contributed by atoms with Crippen LogP contribution in [0.4, 0.5) is 23.2 Å². The molecule has 1 saturated carbocycles. The topological polar surface area (TPSA) is 85.3 Å². The zero-order chi connectivity index (χ0) is 31.1. The maximum Gasteiger partial charge on any atom is 0.495 e. The van der Waals surface area contributed by atoms with E-state index in [1.54, 1.807) is 6.07 Å². The fraction of sp³-hybridized carbons (Fsp3) is 0.567. The monoisotopic (exact) mass is 602 g/mol. The van der Waals surface area contributed by atoms with Crippen LogP contribution in [0.5, 0.6) is 5.75 Å². The Kier molecular flexibility index (Phi) is 6.89. The van der Waals surface area contributed by atoms with Crippen molar-refractivity contribution in [2.24, 2.45) is 4.99 Å². The Morgan fingerprint density at radius 1 is 1.12 bits per heavy atom. The number of nitrogens with one attached hydrogen (secondary N) is 1. The Hall–Kier alpha value is -3.19. The molecule has 1 amide bonds. The van der Waals surface area contributed by atoms with E-state index >= 15 is 4.39 Å². The minimum atomic E-state index is -4.56. The molecule has 1 N–H and O–H groups in total. The van der Waals surface area contributed by atoms with E-state index in [0.717, 1.165) is 18.9 Å². The molecule has 0 bridgehead atoms. The molecule has 1 aromatic carbocycles. The fourth-order valence-corrected chi connectivity index (χ4v) is 6.17. The lowest BCUT2D eigenvalue weighted by atomic mass is 9.78. The number of anilines is 1. The predicted molar refractivity (Wildman–Crippen MR) is 153 cm³/mol. The molecule has 0 unspecified atom stereocenters. The highest BCUT2D eigenvalue weighted by Gasteiger charge is 2.53. The van der Waals surface area contributed by atoms with Crippen LogP contribution in [-0.2, 0) is 20.3 Å². The summed E-state index contributed by atoms with van der Waals surface area (Å²) in [5.74, 6) is -0.626. The number of aromatic nitrogens is 1. The van der Waals surface area contributed by atoms with Crippen molar-refractivity contribution >= 4 is 30.0 Å². The van der Waals surface area contributed by atoms with E-state index in [2.05, 4.69) is 10.3 Å². The summed E-state index contributed by atoms with van der Waals surface area (Å²) in [4.78, 5) is 24.1. The minimum Gasteiger partial charge on any atom is -0.492 e. The number of alkyl halides is 3. The van der Waals surface area contributed by atoms with Crippen LogP contribution in [0.2, 0.25) is 0 Å². The molecule has 4 heterocycles. The number of pyridine rings is 1. The lowest BCUT2D eigenvalue weighted by Crippen LogP contribution is -2.53. The molecule has 4 aliphatic rings. The van der Waals surface area contributed by atoms with E-state index in [4.69, 9.17) is 19.0 Å². The Balaban J connectivity index is 1.29. The first-order valence-electron chi connectivity index (χ1n) is 14.5. The second-order valence-electron chi connectivity index (χ2n) is 13.0. The largest absolute Gasteiger partial charge is 0.495 e. The number of halogens is 4. The van der Waals surface area contributed by atoms with Crippen LogP contribution in [0.1, 0.15) is 83.2 Å². The molecule has 1 spiro atoms. The van der Waals surface area contributed by atoms with Gasteiger partial charge in [-0.1, -0.05) is 0 Å². The van der Waals surface area contributed by atoms with Gasteiger partial charge in [-0.05, 0) is 83.6 Å². The lowest BCUT2D eigenvalue weighted by Gasteiger charge is -2.42. The second-order valence-corrected chi connectivity index (χ2v) is 13.0. The van der Waals surface area contributed by atoms with Crippen molar-refractivity contribution < 1.29 is 36.4 Å². The van der Waals surface area contributed by atoms with Gasteiger partial charge in [-0.3, -0.25) is 9.79 Å². The lowest BCUT2D eigenvalue weighted by molar-refractivity contribution is -0.141. The molecular formula is C30H35BF4N4O4. The highest BCUT2D eigenvalue weighted by Crippen LogP contribution is 2.44. The summed E-state index contributed by atoms with van der Waals surface area (Å²) in [6, 6.07) is 5.18. The Bertz CT molecular complexity index is 1490. The van der Waals surface area contributed by atoms with Gasteiger partial charge in [-0.2, -0.15) is 13.2 Å². The van der Waals surface area contributed by atoms with Crippen LogP contribution in [0.15, 0.2) is 29.3 Å². The van der Waals surface area contributed by atoms with Crippen molar-refractivity contribution in [1.82, 2.24) is 10.3 Å². The normalized spacial score (nSPS) is 26.6. The van der Waals surface area contributed by atoms with E-state index in [0.29, 0.717) is 41.8 Å². The SMILES string of the molecule is COc1c(F)cc(B2OC(C)(C)C(C)(C)O2)cc1N1CC[C@]2(C[C@@H]1C)N=C(c1ccc(C(F)(F)F)nc1C1CC1)NC2=O. The van der Waals surface area contributed by atoms with Crippen molar-refractivity contribution in [3.05, 3.63) is 47.0 Å². The number of ether oxygens (including phenoxy) is 1. The summed E-state index contributed by atoms with van der Waals surface area (Å²) in [6.45, 7) is 9.99. The number of hydrogen-bond acceptors (Lipinski definition) is 7. The molecule has 230 valence electrons. The van der Waals surface area contributed by atoms with E-state index in [9.17, 15) is 18.0 Å². The number of amidine groups is 1. The first kappa shape index (κ1) is 29.9. The van der Waals surface area contributed by atoms with E-state index in [1.807, 2.05) is 39.5 Å². The number of hydrogen-bond donors (Lipinski definition) is 1. The quantitative estimate of drug-likeness (QED) is 0.394. The Labute approximate surface area is 248 Å². The number of carbonyl (C=O) groups excluding carboxylic acids is 1. The zero-order valence-corrected chi connectivity index (χ0v) is 25.1. The number of rotatable bonds is 5. The molecule has 2 saturated heterocycles. The molecule has 6 rings (SSSR count). The number of aliphatic imine (C=N–C) groups is 1. The van der Waals surface area contributed by atoms with Crippen LogP contribution in [0.25, 0.3) is 0 Å². The van der Waals surface area contributed by atoms with Gasteiger partial charge in [0.2, 0.25) is 0 Å². The van der Waals surface area contributed by atoms with Crippen molar-refractivity contribution in [2.75, 3.05) is 18.6 Å². The van der Waals surface area contributed by atoms with Crippen molar-refractivity contribution in [3.63, 3.8) is 0 Å². The molecule has 2 atom stereocenters. The first-order chi connectivity index (χ1) is 20.0. The smallest absolute Gasteiger partial charge is 0.492 e. The van der Waals surface area contributed by atoms with Gasteiger partial charge < -0.3 is 24.3 Å². The van der Waals surface area contributed by atoms with E-state index in [-0.39, 0.29) is 29.5 Å². The maximum atomic E-state index is 15.4. The molecule has 3 fully saturated rings. The summed E-state index contributed by atoms with van der Waals surface area (Å²) in [7, 11) is 0.629. The number of benzene rings is 1. The first-order valence-corrected chi connectivity index (χ1v) is 14.5. The van der Waals surface area contributed by atoms with Gasteiger partial charge in [0.05, 0.1) is 29.7 Å². The van der Waals surface area contributed by atoms with Gasteiger partial charge >= 0.3 is 13.3 Å². The van der Waals surface area contributed by atoms with Gasteiger partial charge in [0, 0.05) is 30.5 Å². The molecule has 3 aliphatic heterocycles. The Morgan fingerprint density at radius 3 is 2.37 bits per heavy atom. The predicted octanol–water partition coefficient (Wildman–Crippen LogP) is 4.73. The molecule has 13 heteroatoms. The van der Waals surface area contributed by atoms with Gasteiger partial charge in [-0.25, -0.2) is 9.37 Å². The highest BCUT2D eigenvalue weighted by atomic mass is 19.4. The summed E-state index contributed by atoms with van der Waals surface area (Å²) in [5, 5.41) is 2.83. The minimum absolute atomic E-state index is 0.0769. The molecule has 2 aromatic rings. The van der Waals surface area contributed by atoms with Crippen LogP contribution in [0.3, 0.4) is 0 Å². The summed E-state index contributed by atoms with van der Waals surface area (Å²) in [6.07, 6.45) is -2.47. The van der Waals surface area contributed by atoms with E-state index in [1.165, 1.54) is 19.2 Å². The molecule has 43 heavy (non-hydrogen) atoms. The van der Waals surface area contributed by atoms with Crippen LogP contribution in [-0.4, -0.2) is 60.3 Å². The van der Waals surface area contributed by atoms with Crippen molar-refractivity contribution in [1.29, 1.82) is 0 Å². The molecule has 1 aliphatic carbocycles. The standard InChI is InChI=1S/C30H35BF4N4O4/c1-16-15-29(26(40)37-25(38-29)19-9-10-22(30(33,34)35)36-23(19)17-7-8-17)11-12-39(16)21-14-18(13-20(32)24(21)41-6)31-42-27(2,3)28(4,5)43-31/h9-10,13-14,16-17H,7-8,11-12,15H2,1-6H3,(H,37,38,40)/t16-,29+/m0/s1. The van der Waals surface area contributed by atoms with Crippen molar-refractivity contribution in [2.45, 2.75) is 95.2 Å². The van der Waals surface area contributed by atoms with Gasteiger partial charge in [-0.15, -0.1) is 0 Å². The van der Waals surface area contributed by atoms with Crippen LogP contribution < -0.4 is 20.4 Å². The number of piperidine rings is 1. The molecule has 8 nitrogen and oxygen atoms in total. The number of nitrogens with zero attached hydrogens (tertiary/aromatic N) is 3. The Morgan fingerprint density at radius 2 is 1.79 bits per heavy atom. The van der Waals surface area contributed by atoms with Gasteiger partial charge in [0.15, 0.2) is 11.6 Å². The molecule has 0 radical (unpaired) electrons. The third-order valence-electron chi connectivity index (χ3n) is 9.43. The zero-order valence-electron chi connectivity index (χ0n) is 25.1. The van der Waals surface area contributed by atoms with Gasteiger partial charge in [0.25, 0.3) is 5.91 Å². The maximum absolute atomic E-state index is 15.4. The number of methoxy groups -OCH3 is 1. The molecule has 1 aromatic heterocycles. The second kappa shape index (κ2) is 9.92. The average molecular weight is 602 g/mol. The van der Waals surface area contributed by atoms with E-state index < -0.39 is 41.5 Å².